The van der Waals surface area contributed by atoms with Gasteiger partial charge in [-0.25, -0.2) is 0 Å². The van der Waals surface area contributed by atoms with Gasteiger partial charge in [0.15, 0.2) is 0 Å². The van der Waals surface area contributed by atoms with E-state index in [9.17, 15) is 9.59 Å². The third-order valence-corrected chi connectivity index (χ3v) is 6.84. The lowest BCUT2D eigenvalue weighted by Gasteiger charge is -2.40. The summed E-state index contributed by atoms with van der Waals surface area (Å²) in [5, 5.41) is 2.89. The summed E-state index contributed by atoms with van der Waals surface area (Å²) in [5.74, 6) is -0.337. The van der Waals surface area contributed by atoms with Crippen LogP contribution in [-0.2, 0) is 4.79 Å². The van der Waals surface area contributed by atoms with Gasteiger partial charge in [-0.3, -0.25) is 14.5 Å². The highest BCUT2D eigenvalue weighted by Crippen LogP contribution is 2.30. The SMILES string of the molecule is O=C(C=Cc1ccccc1)Nc1ccccc1C(=O)N1CCN(C(c2ccccc2)c2ccccc2)CC1. The van der Waals surface area contributed by atoms with Gasteiger partial charge in [0, 0.05) is 32.3 Å². The van der Waals surface area contributed by atoms with Crippen LogP contribution in [0.5, 0.6) is 0 Å². The fraction of sp³-hybridized carbons (Fsp3) is 0.152. The van der Waals surface area contributed by atoms with Gasteiger partial charge in [-0.1, -0.05) is 103 Å². The second-order valence-electron chi connectivity index (χ2n) is 9.33. The Kier molecular flexibility index (Phi) is 8.07. The molecule has 0 unspecified atom stereocenters. The Balaban J connectivity index is 1.27. The van der Waals surface area contributed by atoms with Gasteiger partial charge in [-0.15, -0.1) is 0 Å². The monoisotopic (exact) mass is 501 g/mol. The maximum absolute atomic E-state index is 13.5. The van der Waals surface area contributed by atoms with Crippen LogP contribution < -0.4 is 5.32 Å². The number of hydrogen-bond donors (Lipinski definition) is 1. The van der Waals surface area contributed by atoms with Crippen molar-refractivity contribution in [2.75, 3.05) is 31.5 Å². The number of nitrogens with one attached hydrogen (secondary N) is 1. The first-order valence-corrected chi connectivity index (χ1v) is 13.0. The van der Waals surface area contributed by atoms with Crippen molar-refractivity contribution in [3.8, 4) is 0 Å². The number of amides is 2. The van der Waals surface area contributed by atoms with E-state index in [1.54, 1.807) is 18.2 Å². The third-order valence-electron chi connectivity index (χ3n) is 6.84. The topological polar surface area (TPSA) is 52.7 Å². The maximum atomic E-state index is 13.5. The van der Waals surface area contributed by atoms with Crippen molar-refractivity contribution in [2.45, 2.75) is 6.04 Å². The number of benzene rings is 4. The summed E-state index contributed by atoms with van der Waals surface area (Å²) in [6, 6.07) is 38.0. The molecule has 5 rings (SSSR count). The van der Waals surface area contributed by atoms with Crippen LogP contribution >= 0.6 is 0 Å². The Labute approximate surface area is 224 Å². The fourth-order valence-corrected chi connectivity index (χ4v) is 4.93. The molecule has 0 saturated carbocycles. The number of carbonyl (C=O) groups excluding carboxylic acids is 2. The zero-order valence-corrected chi connectivity index (χ0v) is 21.2. The molecular formula is C33H31N3O2. The van der Waals surface area contributed by atoms with Crippen LogP contribution in [0.15, 0.2) is 121 Å². The lowest BCUT2D eigenvalue weighted by molar-refractivity contribution is -0.111. The zero-order chi connectivity index (χ0) is 26.2. The molecule has 38 heavy (non-hydrogen) atoms. The summed E-state index contributed by atoms with van der Waals surface area (Å²) >= 11 is 0. The van der Waals surface area contributed by atoms with Crippen LogP contribution in [0.2, 0.25) is 0 Å². The van der Waals surface area contributed by atoms with E-state index in [-0.39, 0.29) is 17.9 Å². The molecule has 0 atom stereocenters. The molecule has 5 heteroatoms. The van der Waals surface area contributed by atoms with E-state index < -0.39 is 0 Å². The average molecular weight is 502 g/mol. The first-order valence-electron chi connectivity index (χ1n) is 13.0. The summed E-state index contributed by atoms with van der Waals surface area (Å²) in [7, 11) is 0. The van der Waals surface area contributed by atoms with Crippen molar-refractivity contribution >= 4 is 23.6 Å². The molecule has 0 aromatic heterocycles. The summed E-state index contributed by atoms with van der Waals surface area (Å²) < 4.78 is 0. The van der Waals surface area contributed by atoms with E-state index in [4.69, 9.17) is 0 Å². The highest BCUT2D eigenvalue weighted by atomic mass is 16.2. The molecule has 1 heterocycles. The Hall–Kier alpha value is -4.48. The van der Waals surface area contributed by atoms with Gasteiger partial charge in [-0.05, 0) is 34.9 Å². The number of rotatable bonds is 7. The largest absolute Gasteiger partial charge is 0.336 e. The van der Waals surface area contributed by atoms with Crippen molar-refractivity contribution in [3.63, 3.8) is 0 Å². The van der Waals surface area contributed by atoms with Crippen molar-refractivity contribution in [3.05, 3.63) is 144 Å². The van der Waals surface area contributed by atoms with Crippen LogP contribution in [-0.4, -0.2) is 47.8 Å². The summed E-state index contributed by atoms with van der Waals surface area (Å²) in [6.45, 7) is 2.75. The smallest absolute Gasteiger partial charge is 0.256 e. The molecule has 1 fully saturated rings. The summed E-state index contributed by atoms with van der Waals surface area (Å²) in [6.07, 6.45) is 3.25. The number of carbonyl (C=O) groups is 2. The lowest BCUT2D eigenvalue weighted by Crippen LogP contribution is -2.50. The van der Waals surface area contributed by atoms with Crippen LogP contribution in [0.4, 0.5) is 5.69 Å². The van der Waals surface area contributed by atoms with Crippen molar-refractivity contribution < 1.29 is 9.59 Å². The van der Waals surface area contributed by atoms with Crippen molar-refractivity contribution in [1.29, 1.82) is 0 Å². The van der Waals surface area contributed by atoms with E-state index >= 15 is 0 Å². The molecule has 190 valence electrons. The van der Waals surface area contributed by atoms with E-state index in [2.05, 4.69) is 58.7 Å². The minimum Gasteiger partial charge on any atom is -0.336 e. The van der Waals surface area contributed by atoms with E-state index in [0.717, 1.165) is 18.7 Å². The number of hydrogen-bond acceptors (Lipinski definition) is 3. The van der Waals surface area contributed by atoms with Crippen LogP contribution in [0.1, 0.15) is 33.1 Å². The first-order chi connectivity index (χ1) is 18.7. The number of para-hydroxylation sites is 1. The molecule has 1 aliphatic heterocycles. The van der Waals surface area contributed by atoms with Gasteiger partial charge in [0.2, 0.25) is 5.91 Å². The quantitative estimate of drug-likeness (QED) is 0.322. The van der Waals surface area contributed by atoms with Crippen LogP contribution in [0.3, 0.4) is 0 Å². The molecule has 4 aromatic carbocycles. The molecule has 1 saturated heterocycles. The summed E-state index contributed by atoms with van der Waals surface area (Å²) in [5.41, 5.74) is 4.46. The lowest BCUT2D eigenvalue weighted by atomic mass is 9.96. The van der Waals surface area contributed by atoms with Crippen molar-refractivity contribution in [2.24, 2.45) is 0 Å². The standard InChI is InChI=1S/C33H31N3O2/c37-31(21-20-26-12-4-1-5-13-26)34-30-19-11-10-18-29(30)33(38)36-24-22-35(23-25-36)32(27-14-6-2-7-15-27)28-16-8-3-9-17-28/h1-21,32H,22-25H2,(H,34,37). The highest BCUT2D eigenvalue weighted by molar-refractivity contribution is 6.07. The Morgan fingerprint density at radius 3 is 1.79 bits per heavy atom. The summed E-state index contributed by atoms with van der Waals surface area (Å²) in [4.78, 5) is 30.5. The van der Waals surface area contributed by atoms with Crippen LogP contribution in [0, 0.1) is 0 Å². The molecule has 0 bridgehead atoms. The molecule has 1 N–H and O–H groups in total. The van der Waals surface area contributed by atoms with Gasteiger partial charge in [-0.2, -0.15) is 0 Å². The second kappa shape index (κ2) is 12.2. The van der Waals surface area contributed by atoms with E-state index in [1.807, 2.05) is 59.5 Å². The third kappa shape index (κ3) is 6.07. The molecule has 0 radical (unpaired) electrons. The Morgan fingerprint density at radius 1 is 0.658 bits per heavy atom. The molecule has 4 aromatic rings. The predicted molar refractivity (Wildman–Crippen MR) is 153 cm³/mol. The molecular weight excluding hydrogens is 470 g/mol. The molecule has 1 aliphatic rings. The normalized spacial score (nSPS) is 14.1. The zero-order valence-electron chi connectivity index (χ0n) is 21.2. The number of piperazine rings is 1. The van der Waals surface area contributed by atoms with E-state index in [0.29, 0.717) is 24.3 Å². The van der Waals surface area contributed by atoms with Gasteiger partial charge >= 0.3 is 0 Å². The average Bonchev–Trinajstić information content (AvgIpc) is 2.98. The molecule has 2 amide bonds. The number of nitrogens with zero attached hydrogens (tertiary/aromatic N) is 2. The minimum absolute atomic E-state index is 0.0661. The van der Waals surface area contributed by atoms with E-state index in [1.165, 1.54) is 17.2 Å². The highest BCUT2D eigenvalue weighted by Gasteiger charge is 2.29. The molecule has 0 spiro atoms. The first kappa shape index (κ1) is 25.2. The Morgan fingerprint density at radius 2 is 1.18 bits per heavy atom. The van der Waals surface area contributed by atoms with Gasteiger partial charge < -0.3 is 10.2 Å². The van der Waals surface area contributed by atoms with Crippen LogP contribution in [0.25, 0.3) is 6.08 Å². The van der Waals surface area contributed by atoms with Gasteiger partial charge in [0.1, 0.15) is 0 Å². The van der Waals surface area contributed by atoms with Gasteiger partial charge in [0.05, 0.1) is 17.3 Å². The second-order valence-corrected chi connectivity index (χ2v) is 9.33. The molecule has 5 nitrogen and oxygen atoms in total. The fourth-order valence-electron chi connectivity index (χ4n) is 4.93. The predicted octanol–water partition coefficient (Wildman–Crippen LogP) is 5.89. The minimum atomic E-state index is -0.271. The number of anilines is 1. The van der Waals surface area contributed by atoms with Crippen molar-refractivity contribution in [1.82, 2.24) is 9.80 Å². The molecule has 0 aliphatic carbocycles. The maximum Gasteiger partial charge on any atom is 0.256 e. The van der Waals surface area contributed by atoms with Gasteiger partial charge in [0.25, 0.3) is 5.91 Å². The Bertz CT molecular complexity index is 1340.